The third-order valence-corrected chi connectivity index (χ3v) is 5.50. The normalized spacial score (nSPS) is 20.2. The molecule has 0 saturated carbocycles. The van der Waals surface area contributed by atoms with Gasteiger partial charge in [0.2, 0.25) is 5.91 Å². The fourth-order valence-corrected chi connectivity index (χ4v) is 4.00. The monoisotopic (exact) mass is 350 g/mol. The SMILES string of the molecule is Cc1cccc(CC(=O)N2CCc3nc([C@@H]4CCN(C)C4)ncc3C2)c1. The first kappa shape index (κ1) is 17.2. The molecule has 2 aromatic rings. The topological polar surface area (TPSA) is 49.3 Å². The summed E-state index contributed by atoms with van der Waals surface area (Å²) in [6.45, 7) is 5.60. The van der Waals surface area contributed by atoms with Gasteiger partial charge in [0.1, 0.15) is 5.82 Å². The van der Waals surface area contributed by atoms with Crippen LogP contribution in [-0.4, -0.2) is 52.4 Å². The fraction of sp³-hybridized carbons (Fsp3) is 0.476. The summed E-state index contributed by atoms with van der Waals surface area (Å²) >= 11 is 0. The number of fused-ring (bicyclic) bond motifs is 1. The molecule has 5 heteroatoms. The molecule has 3 heterocycles. The Hall–Kier alpha value is -2.27. The quantitative estimate of drug-likeness (QED) is 0.852. The lowest BCUT2D eigenvalue weighted by molar-refractivity contribution is -0.131. The van der Waals surface area contributed by atoms with Crippen LogP contribution in [0.5, 0.6) is 0 Å². The number of rotatable bonds is 3. The van der Waals surface area contributed by atoms with Crippen LogP contribution in [0.15, 0.2) is 30.5 Å². The van der Waals surface area contributed by atoms with E-state index in [1.807, 2.05) is 23.2 Å². The number of aryl methyl sites for hydroxylation is 1. The van der Waals surface area contributed by atoms with Crippen LogP contribution >= 0.6 is 0 Å². The van der Waals surface area contributed by atoms with Gasteiger partial charge in [-0.2, -0.15) is 0 Å². The lowest BCUT2D eigenvalue weighted by Gasteiger charge is -2.28. The Morgan fingerprint density at radius 3 is 2.96 bits per heavy atom. The molecule has 0 spiro atoms. The molecule has 26 heavy (non-hydrogen) atoms. The van der Waals surface area contributed by atoms with Gasteiger partial charge in [-0.25, -0.2) is 9.97 Å². The number of benzene rings is 1. The minimum atomic E-state index is 0.183. The molecule has 136 valence electrons. The van der Waals surface area contributed by atoms with Gasteiger partial charge in [0, 0.05) is 43.7 Å². The minimum Gasteiger partial charge on any atom is -0.338 e. The summed E-state index contributed by atoms with van der Waals surface area (Å²) in [6, 6.07) is 8.18. The summed E-state index contributed by atoms with van der Waals surface area (Å²) in [5.41, 5.74) is 4.50. The van der Waals surface area contributed by atoms with Crippen LogP contribution in [0, 0.1) is 6.92 Å². The Morgan fingerprint density at radius 1 is 1.31 bits per heavy atom. The van der Waals surface area contributed by atoms with Gasteiger partial charge < -0.3 is 9.80 Å². The molecule has 1 aromatic heterocycles. The zero-order valence-corrected chi connectivity index (χ0v) is 15.6. The van der Waals surface area contributed by atoms with Gasteiger partial charge in [-0.3, -0.25) is 4.79 Å². The summed E-state index contributed by atoms with van der Waals surface area (Å²) in [5.74, 6) is 1.61. The van der Waals surface area contributed by atoms with Crippen LogP contribution in [-0.2, 0) is 24.2 Å². The summed E-state index contributed by atoms with van der Waals surface area (Å²) < 4.78 is 0. The highest BCUT2D eigenvalue weighted by atomic mass is 16.2. The molecule has 4 rings (SSSR count). The molecule has 1 aromatic carbocycles. The van der Waals surface area contributed by atoms with E-state index in [9.17, 15) is 4.79 Å². The fourth-order valence-electron chi connectivity index (χ4n) is 4.00. The van der Waals surface area contributed by atoms with Crippen molar-refractivity contribution in [2.45, 2.75) is 38.6 Å². The van der Waals surface area contributed by atoms with E-state index in [0.29, 0.717) is 18.9 Å². The Balaban J connectivity index is 1.43. The maximum Gasteiger partial charge on any atom is 0.227 e. The van der Waals surface area contributed by atoms with Crippen molar-refractivity contribution in [1.29, 1.82) is 0 Å². The largest absolute Gasteiger partial charge is 0.338 e. The lowest BCUT2D eigenvalue weighted by Crippen LogP contribution is -2.37. The predicted molar refractivity (Wildman–Crippen MR) is 101 cm³/mol. The van der Waals surface area contributed by atoms with Gasteiger partial charge in [-0.15, -0.1) is 0 Å². The molecule has 2 aliphatic heterocycles. The number of amides is 1. The van der Waals surface area contributed by atoms with E-state index in [1.165, 1.54) is 5.56 Å². The van der Waals surface area contributed by atoms with E-state index < -0.39 is 0 Å². The van der Waals surface area contributed by atoms with Gasteiger partial charge >= 0.3 is 0 Å². The molecule has 1 atom stereocenters. The van der Waals surface area contributed by atoms with E-state index in [1.54, 1.807) is 0 Å². The Kier molecular flexibility index (Phi) is 4.72. The van der Waals surface area contributed by atoms with Crippen molar-refractivity contribution >= 4 is 5.91 Å². The van der Waals surface area contributed by atoms with Crippen molar-refractivity contribution in [3.05, 3.63) is 58.7 Å². The first-order chi connectivity index (χ1) is 12.6. The van der Waals surface area contributed by atoms with Crippen molar-refractivity contribution in [3.63, 3.8) is 0 Å². The van der Waals surface area contributed by atoms with Crippen molar-refractivity contribution in [3.8, 4) is 0 Å². The molecule has 0 bridgehead atoms. The average molecular weight is 350 g/mol. The van der Waals surface area contributed by atoms with Crippen LogP contribution in [0.4, 0.5) is 0 Å². The van der Waals surface area contributed by atoms with Crippen LogP contribution in [0.3, 0.4) is 0 Å². The second-order valence-electron chi connectivity index (χ2n) is 7.68. The molecule has 2 aliphatic rings. The van der Waals surface area contributed by atoms with E-state index in [2.05, 4.69) is 36.0 Å². The van der Waals surface area contributed by atoms with Crippen LogP contribution in [0.25, 0.3) is 0 Å². The van der Waals surface area contributed by atoms with Crippen molar-refractivity contribution in [2.75, 3.05) is 26.7 Å². The number of carbonyl (C=O) groups excluding carboxylic acids is 1. The standard InChI is InChI=1S/C21H26N4O/c1-15-4-3-5-16(10-15)11-20(26)25-9-7-19-18(14-25)12-22-21(23-19)17-6-8-24(2)13-17/h3-5,10,12,17H,6-9,11,13-14H2,1-2H3/t17-/m1/s1. The molecule has 1 amide bonds. The second kappa shape index (κ2) is 7.16. The third kappa shape index (κ3) is 3.63. The highest BCUT2D eigenvalue weighted by Gasteiger charge is 2.26. The Bertz CT molecular complexity index is 819. The Morgan fingerprint density at radius 2 is 2.19 bits per heavy atom. The zero-order valence-electron chi connectivity index (χ0n) is 15.6. The van der Waals surface area contributed by atoms with Gasteiger partial charge in [-0.05, 0) is 32.5 Å². The first-order valence-electron chi connectivity index (χ1n) is 9.45. The van der Waals surface area contributed by atoms with E-state index in [4.69, 9.17) is 4.98 Å². The molecule has 0 unspecified atom stereocenters. The first-order valence-corrected chi connectivity index (χ1v) is 9.45. The van der Waals surface area contributed by atoms with Gasteiger partial charge in [0.15, 0.2) is 0 Å². The summed E-state index contributed by atoms with van der Waals surface area (Å²) in [6.07, 6.45) is 4.37. The highest BCUT2D eigenvalue weighted by Crippen LogP contribution is 2.25. The van der Waals surface area contributed by atoms with Crippen molar-refractivity contribution in [1.82, 2.24) is 19.8 Å². The number of likely N-dealkylation sites (tertiary alicyclic amines) is 1. The van der Waals surface area contributed by atoms with Crippen molar-refractivity contribution < 1.29 is 4.79 Å². The maximum absolute atomic E-state index is 12.7. The molecular formula is C21H26N4O. The molecule has 0 aliphatic carbocycles. The summed E-state index contributed by atoms with van der Waals surface area (Å²) in [5, 5.41) is 0. The smallest absolute Gasteiger partial charge is 0.227 e. The van der Waals surface area contributed by atoms with Crippen LogP contribution in [0.2, 0.25) is 0 Å². The second-order valence-corrected chi connectivity index (χ2v) is 7.68. The minimum absolute atomic E-state index is 0.183. The number of nitrogens with zero attached hydrogens (tertiary/aromatic N) is 4. The molecule has 0 N–H and O–H groups in total. The predicted octanol–water partition coefficient (Wildman–Crippen LogP) is 2.33. The van der Waals surface area contributed by atoms with Gasteiger partial charge in [0.05, 0.1) is 12.1 Å². The lowest BCUT2D eigenvalue weighted by atomic mass is 10.0. The summed E-state index contributed by atoms with van der Waals surface area (Å²) in [4.78, 5) is 26.4. The Labute approximate surface area is 155 Å². The van der Waals surface area contributed by atoms with Gasteiger partial charge in [0.25, 0.3) is 0 Å². The zero-order chi connectivity index (χ0) is 18.1. The molecule has 1 fully saturated rings. The van der Waals surface area contributed by atoms with Crippen LogP contribution in [0.1, 0.15) is 40.5 Å². The number of hydrogen-bond acceptors (Lipinski definition) is 4. The summed E-state index contributed by atoms with van der Waals surface area (Å²) in [7, 11) is 2.15. The molecular weight excluding hydrogens is 324 g/mol. The van der Waals surface area contributed by atoms with E-state index >= 15 is 0 Å². The third-order valence-electron chi connectivity index (χ3n) is 5.50. The molecule has 1 saturated heterocycles. The number of carbonyl (C=O) groups is 1. The molecule has 5 nitrogen and oxygen atoms in total. The maximum atomic E-state index is 12.7. The van der Waals surface area contributed by atoms with E-state index in [-0.39, 0.29) is 5.91 Å². The van der Waals surface area contributed by atoms with Gasteiger partial charge in [-0.1, -0.05) is 29.8 Å². The number of aromatic nitrogens is 2. The van der Waals surface area contributed by atoms with Crippen molar-refractivity contribution in [2.24, 2.45) is 0 Å². The average Bonchev–Trinajstić information content (AvgIpc) is 3.07. The molecule has 0 radical (unpaired) electrons. The van der Waals surface area contributed by atoms with Crippen LogP contribution < -0.4 is 0 Å². The van der Waals surface area contributed by atoms with E-state index in [0.717, 1.165) is 55.1 Å². The number of likely N-dealkylation sites (N-methyl/N-ethyl adjacent to an activating group) is 1. The highest BCUT2D eigenvalue weighted by molar-refractivity contribution is 5.79. The number of hydrogen-bond donors (Lipinski definition) is 0.